The number of anilines is 6. The molecule has 1 fully saturated rings. The number of pyridine rings is 2. The molecule has 310 valence electrons. The van der Waals surface area contributed by atoms with Crippen LogP contribution in [-0.4, -0.2) is 75.3 Å². The van der Waals surface area contributed by atoms with Gasteiger partial charge in [-0.2, -0.15) is 48.9 Å². The minimum atomic E-state index is -5.77. The minimum absolute atomic E-state index is 0.0152. The standard InChI is InChI=1S/C29H28ClFN8O.C4F6O2.C2HF3O/c30-23-17-33-29-35-22-12-19(15-32-16-22)4-5-20-14-21(34-28(23)38-29)6-7-24(20)36-27(40)13-18-8-10-39(11-9-18)26-3-1-2-25(31)37-26;5-3(6,7)1(11)2(12)4(8,9)10;3-2(4,5)1-6/h1-3,6-7,12,14-18H,4-5,8-11,13H2,(H,36,40)(H2,33,34,35,38);;1H. The SMILES string of the molecule is O=C(C(=O)C(F)(F)F)C(F)(F)F.O=C(CC1CCN(c2cccc(F)n2)CC1)Nc1ccc2cc1CCc1cncc(c1)Nc1ncc(Cl)c(n1)N2.O=CC(F)(F)F. The molecular weight excluding hydrogens is 822 g/mol. The monoisotopic (exact) mass is 850 g/mol. The van der Waals surface area contributed by atoms with Gasteiger partial charge in [-0.1, -0.05) is 17.7 Å². The number of nitrogens with one attached hydrogen (secondary N) is 3. The summed E-state index contributed by atoms with van der Waals surface area (Å²) in [4.78, 5) is 60.3. The lowest BCUT2D eigenvalue weighted by Gasteiger charge is -2.32. The van der Waals surface area contributed by atoms with Gasteiger partial charge in [0.15, 0.2) is 5.82 Å². The van der Waals surface area contributed by atoms with Crippen LogP contribution in [0.3, 0.4) is 0 Å². The van der Waals surface area contributed by atoms with Crippen LogP contribution in [0.15, 0.2) is 61.1 Å². The van der Waals surface area contributed by atoms with Crippen molar-refractivity contribution >= 4 is 70.0 Å². The van der Waals surface area contributed by atoms with Crippen LogP contribution in [0.2, 0.25) is 5.02 Å². The summed E-state index contributed by atoms with van der Waals surface area (Å²) < 4.78 is 112. The second-order valence-corrected chi connectivity index (χ2v) is 12.8. The second-order valence-electron chi connectivity index (χ2n) is 12.4. The predicted molar refractivity (Wildman–Crippen MR) is 188 cm³/mol. The highest BCUT2D eigenvalue weighted by Crippen LogP contribution is 2.31. The van der Waals surface area contributed by atoms with Crippen molar-refractivity contribution in [3.8, 4) is 0 Å². The first-order valence-corrected chi connectivity index (χ1v) is 17.1. The average Bonchev–Trinajstić information content (AvgIpc) is 3.15. The molecule has 58 heavy (non-hydrogen) atoms. The summed E-state index contributed by atoms with van der Waals surface area (Å²) in [7, 11) is 0. The van der Waals surface area contributed by atoms with Gasteiger partial charge in [-0.15, -0.1) is 0 Å². The van der Waals surface area contributed by atoms with E-state index in [1.807, 2.05) is 36.5 Å². The highest BCUT2D eigenvalue weighted by molar-refractivity contribution is 6.41. The number of hydrogen-bond acceptors (Lipinski definition) is 11. The fraction of sp³-hybridized carbons (Fsp3) is 0.314. The van der Waals surface area contributed by atoms with E-state index >= 15 is 0 Å². The highest BCUT2D eigenvalue weighted by atomic mass is 35.5. The smallest absolute Gasteiger partial charge is 0.357 e. The summed E-state index contributed by atoms with van der Waals surface area (Å²) in [6, 6.07) is 12.7. The van der Waals surface area contributed by atoms with Gasteiger partial charge in [0.2, 0.25) is 24.1 Å². The minimum Gasteiger partial charge on any atom is -0.357 e. The van der Waals surface area contributed by atoms with Crippen molar-refractivity contribution in [2.75, 3.05) is 33.9 Å². The van der Waals surface area contributed by atoms with Crippen molar-refractivity contribution in [2.24, 2.45) is 5.92 Å². The molecule has 5 heterocycles. The molecule has 0 spiro atoms. The molecule has 0 unspecified atom stereocenters. The molecule has 0 saturated carbocycles. The van der Waals surface area contributed by atoms with Crippen molar-refractivity contribution < 1.29 is 63.1 Å². The number of nitrogens with zero attached hydrogens (tertiary/aromatic N) is 5. The van der Waals surface area contributed by atoms with E-state index in [0.29, 0.717) is 35.4 Å². The average molecular weight is 851 g/mol. The zero-order valence-electron chi connectivity index (χ0n) is 29.4. The zero-order valence-corrected chi connectivity index (χ0v) is 30.2. The Morgan fingerprint density at radius 2 is 1.50 bits per heavy atom. The van der Waals surface area contributed by atoms with Crippen LogP contribution in [0.5, 0.6) is 0 Å². The van der Waals surface area contributed by atoms with Gasteiger partial charge in [-0.05, 0) is 79.1 Å². The van der Waals surface area contributed by atoms with Crippen molar-refractivity contribution in [2.45, 2.75) is 50.6 Å². The van der Waals surface area contributed by atoms with Gasteiger partial charge < -0.3 is 20.9 Å². The molecular formula is C35H29ClF10N8O4. The Bertz CT molecular complexity index is 2090. The number of aldehydes is 1. The molecule has 6 bridgehead atoms. The quantitative estimate of drug-likeness (QED) is 0.0776. The Kier molecular flexibility index (Phi) is 14.7. The van der Waals surface area contributed by atoms with Crippen molar-refractivity contribution in [3.63, 3.8) is 0 Å². The first kappa shape index (κ1) is 44.8. The Labute approximate surface area is 326 Å². The summed E-state index contributed by atoms with van der Waals surface area (Å²) in [6.07, 6.45) is -8.57. The number of ketones is 2. The molecule has 0 atom stereocenters. The number of carbonyl (C=O) groups is 4. The van der Waals surface area contributed by atoms with Gasteiger partial charge in [0.1, 0.15) is 10.8 Å². The second kappa shape index (κ2) is 19.0. The fourth-order valence-corrected chi connectivity index (χ4v) is 5.55. The Morgan fingerprint density at radius 1 is 0.845 bits per heavy atom. The maximum atomic E-state index is 13.5. The molecule has 0 aliphatic carbocycles. The zero-order chi connectivity index (χ0) is 42.8. The Balaban J connectivity index is 0.000000346. The maximum absolute atomic E-state index is 13.5. The molecule has 1 amide bonds. The van der Waals surface area contributed by atoms with E-state index < -0.39 is 42.3 Å². The van der Waals surface area contributed by atoms with Crippen molar-refractivity contribution in [3.05, 3.63) is 83.2 Å². The number of hydrogen-bond donors (Lipinski definition) is 3. The third kappa shape index (κ3) is 13.6. The first-order valence-electron chi connectivity index (χ1n) is 16.7. The molecule has 12 nitrogen and oxygen atoms in total. The van der Waals surface area contributed by atoms with Crippen LogP contribution in [0.1, 0.15) is 30.4 Å². The number of rotatable bonds is 5. The van der Waals surface area contributed by atoms with Crippen molar-refractivity contribution in [1.29, 1.82) is 0 Å². The van der Waals surface area contributed by atoms with Gasteiger partial charge in [0, 0.05) is 37.1 Å². The Morgan fingerprint density at radius 3 is 2.10 bits per heavy atom. The van der Waals surface area contributed by atoms with E-state index in [2.05, 4.69) is 40.8 Å². The highest BCUT2D eigenvalue weighted by Gasteiger charge is 2.54. The molecule has 3 N–H and O–H groups in total. The number of Topliss-reactive ketones (excluding diaryl/α,β-unsaturated/α-hetero) is 2. The summed E-state index contributed by atoms with van der Waals surface area (Å²) in [5.41, 5.74) is 4.41. The molecule has 4 aromatic rings. The maximum Gasteiger partial charge on any atom is 0.458 e. The molecule has 0 radical (unpaired) electrons. The molecule has 6 rings (SSSR count). The van der Waals surface area contributed by atoms with Crippen LogP contribution in [0, 0.1) is 11.9 Å². The van der Waals surface area contributed by atoms with Gasteiger partial charge >= 0.3 is 30.1 Å². The largest absolute Gasteiger partial charge is 0.458 e. The number of carbonyl (C=O) groups excluding carboxylic acids is 4. The summed E-state index contributed by atoms with van der Waals surface area (Å²) in [5, 5.41) is 10.0. The fourth-order valence-electron chi connectivity index (χ4n) is 5.41. The third-order valence-electron chi connectivity index (χ3n) is 8.09. The Hall–Kier alpha value is -5.93. The number of alkyl halides is 9. The van der Waals surface area contributed by atoms with Crippen LogP contribution in [0.25, 0.3) is 0 Å². The number of halogens is 11. The van der Waals surface area contributed by atoms with E-state index in [0.717, 1.165) is 60.5 Å². The molecule has 1 aromatic carbocycles. The van der Waals surface area contributed by atoms with Crippen LogP contribution >= 0.6 is 11.6 Å². The summed E-state index contributed by atoms with van der Waals surface area (Å²) in [5.74, 6) is -5.52. The lowest BCUT2D eigenvalue weighted by atomic mass is 9.93. The number of benzene rings is 1. The predicted octanol–water partition coefficient (Wildman–Crippen LogP) is 7.89. The van der Waals surface area contributed by atoms with E-state index in [-0.39, 0.29) is 11.8 Å². The number of aryl methyl sites for hydroxylation is 2. The number of aromatic nitrogens is 4. The molecule has 2 aliphatic rings. The van der Waals surface area contributed by atoms with Crippen molar-refractivity contribution in [1.82, 2.24) is 19.9 Å². The van der Waals surface area contributed by atoms with Crippen LogP contribution < -0.4 is 20.9 Å². The van der Waals surface area contributed by atoms with Gasteiger partial charge in [-0.25, -0.2) is 9.97 Å². The van der Waals surface area contributed by atoms with E-state index in [4.69, 9.17) is 16.4 Å². The van der Waals surface area contributed by atoms with Gasteiger partial charge in [0.25, 0.3) is 0 Å². The molecule has 1 saturated heterocycles. The molecule has 3 aromatic heterocycles. The van der Waals surface area contributed by atoms with Gasteiger partial charge in [-0.3, -0.25) is 24.2 Å². The van der Waals surface area contributed by atoms with E-state index in [1.54, 1.807) is 18.5 Å². The van der Waals surface area contributed by atoms with Gasteiger partial charge in [0.05, 0.1) is 18.1 Å². The lowest BCUT2D eigenvalue weighted by Crippen LogP contribution is -2.39. The third-order valence-corrected chi connectivity index (χ3v) is 8.36. The topological polar surface area (TPSA) is 159 Å². The first-order chi connectivity index (χ1) is 27.1. The molecule has 2 aliphatic heterocycles. The van der Waals surface area contributed by atoms with Crippen LogP contribution in [-0.2, 0) is 32.0 Å². The number of piperidine rings is 1. The van der Waals surface area contributed by atoms with E-state index in [9.17, 15) is 58.3 Å². The van der Waals surface area contributed by atoms with E-state index in [1.165, 1.54) is 6.07 Å². The molecule has 23 heteroatoms. The number of fused-ring (bicyclic) bond motifs is 6. The van der Waals surface area contributed by atoms with Crippen LogP contribution in [0.4, 0.5) is 78.6 Å². The summed E-state index contributed by atoms with van der Waals surface area (Å²) in [6.45, 7) is 1.49. The normalized spacial score (nSPS) is 14.2. The number of amides is 1. The lowest BCUT2D eigenvalue weighted by molar-refractivity contribution is -0.193. The summed E-state index contributed by atoms with van der Waals surface area (Å²) >= 11 is 6.37.